The van der Waals surface area contributed by atoms with Gasteiger partial charge in [0.2, 0.25) is 5.91 Å². The molecular formula is C20H18ClFN2O2. The summed E-state index contributed by atoms with van der Waals surface area (Å²) in [4.78, 5) is 25.6. The van der Waals surface area contributed by atoms with Crippen molar-refractivity contribution in [2.45, 2.75) is 19.5 Å². The van der Waals surface area contributed by atoms with E-state index in [4.69, 9.17) is 11.6 Å². The van der Waals surface area contributed by atoms with Crippen LogP contribution in [0.15, 0.2) is 49.1 Å². The maximum absolute atomic E-state index is 13.6. The van der Waals surface area contributed by atoms with Gasteiger partial charge in [0.05, 0.1) is 0 Å². The monoisotopic (exact) mass is 372 g/mol. The molecule has 2 aromatic carbocycles. The maximum Gasteiger partial charge on any atom is 0.254 e. The van der Waals surface area contributed by atoms with Crippen molar-refractivity contribution in [2.24, 2.45) is 0 Å². The third-order valence-corrected chi connectivity index (χ3v) is 4.72. The van der Waals surface area contributed by atoms with Gasteiger partial charge < -0.3 is 10.2 Å². The molecule has 0 fully saturated rings. The van der Waals surface area contributed by atoms with E-state index in [1.54, 1.807) is 29.2 Å². The lowest BCUT2D eigenvalue weighted by Crippen LogP contribution is -2.36. The lowest BCUT2D eigenvalue weighted by Gasteiger charge is -2.29. The minimum absolute atomic E-state index is 0.113. The number of hydrogen-bond acceptors (Lipinski definition) is 2. The molecule has 2 amide bonds. The highest BCUT2D eigenvalue weighted by molar-refractivity contribution is 6.31. The molecule has 1 aliphatic heterocycles. The first kappa shape index (κ1) is 18.1. The van der Waals surface area contributed by atoms with E-state index in [2.05, 4.69) is 11.9 Å². The van der Waals surface area contributed by atoms with Gasteiger partial charge in [-0.05, 0) is 53.5 Å². The molecule has 1 aliphatic rings. The predicted octanol–water partition coefficient (Wildman–Crippen LogP) is 3.48. The molecule has 0 unspecified atom stereocenters. The van der Waals surface area contributed by atoms with E-state index in [9.17, 15) is 14.0 Å². The van der Waals surface area contributed by atoms with Crippen molar-refractivity contribution in [1.82, 2.24) is 10.2 Å². The summed E-state index contributed by atoms with van der Waals surface area (Å²) in [7, 11) is 0. The Morgan fingerprint density at radius 2 is 2.00 bits per heavy atom. The van der Waals surface area contributed by atoms with Gasteiger partial charge in [0.15, 0.2) is 0 Å². The number of nitrogens with one attached hydrogen (secondary N) is 1. The number of amides is 2. The third kappa shape index (κ3) is 3.94. The summed E-state index contributed by atoms with van der Waals surface area (Å²) < 4.78 is 13.6. The van der Waals surface area contributed by atoms with Gasteiger partial charge in [0, 0.05) is 30.2 Å². The molecule has 4 nitrogen and oxygen atoms in total. The van der Waals surface area contributed by atoms with E-state index >= 15 is 0 Å². The molecule has 0 saturated carbocycles. The summed E-state index contributed by atoms with van der Waals surface area (Å²) in [6, 6.07) is 9.79. The van der Waals surface area contributed by atoms with E-state index < -0.39 is 5.82 Å². The fraction of sp³-hybridized carbons (Fsp3) is 0.200. The van der Waals surface area contributed by atoms with Crippen molar-refractivity contribution >= 4 is 23.4 Å². The zero-order chi connectivity index (χ0) is 18.7. The van der Waals surface area contributed by atoms with Gasteiger partial charge in [0.25, 0.3) is 5.91 Å². The highest BCUT2D eigenvalue weighted by Crippen LogP contribution is 2.28. The molecule has 1 N–H and O–H groups in total. The van der Waals surface area contributed by atoms with Crippen LogP contribution in [0, 0.1) is 5.82 Å². The van der Waals surface area contributed by atoms with Gasteiger partial charge in [0.1, 0.15) is 5.82 Å². The molecule has 0 saturated heterocycles. The largest absolute Gasteiger partial charge is 0.348 e. The second kappa shape index (κ2) is 7.70. The van der Waals surface area contributed by atoms with E-state index in [-0.39, 0.29) is 11.8 Å². The molecule has 3 rings (SSSR count). The first-order valence-corrected chi connectivity index (χ1v) is 8.61. The standard InChI is InChI=1S/C20H18ClFN2O2/c1-2-19(25)23-11-13-3-5-14(6-4-13)20(26)24-8-7-17-15(12-24)9-16(22)10-18(17)21/h2-6,9-10H,1,7-8,11-12H2,(H,23,25). The van der Waals surface area contributed by atoms with Gasteiger partial charge >= 0.3 is 0 Å². The van der Waals surface area contributed by atoms with Crippen molar-refractivity contribution in [3.05, 3.63) is 82.1 Å². The van der Waals surface area contributed by atoms with E-state index in [1.807, 2.05) is 0 Å². The molecule has 0 bridgehead atoms. The predicted molar refractivity (Wildman–Crippen MR) is 98.3 cm³/mol. The molecule has 2 aromatic rings. The molecule has 0 radical (unpaired) electrons. The summed E-state index contributed by atoms with van der Waals surface area (Å²) in [5, 5.41) is 3.10. The van der Waals surface area contributed by atoms with Crippen LogP contribution >= 0.6 is 11.6 Å². The third-order valence-electron chi connectivity index (χ3n) is 4.39. The molecule has 6 heteroatoms. The van der Waals surface area contributed by atoms with Crippen LogP contribution in [0.2, 0.25) is 5.02 Å². The van der Waals surface area contributed by atoms with Gasteiger partial charge in [-0.3, -0.25) is 9.59 Å². The van der Waals surface area contributed by atoms with Crippen LogP contribution in [0.1, 0.15) is 27.0 Å². The minimum Gasteiger partial charge on any atom is -0.348 e. The molecule has 1 heterocycles. The molecule has 0 spiro atoms. The van der Waals surface area contributed by atoms with E-state index in [0.29, 0.717) is 36.6 Å². The topological polar surface area (TPSA) is 49.4 Å². The second-order valence-electron chi connectivity index (χ2n) is 6.12. The summed E-state index contributed by atoms with van der Waals surface area (Å²) in [6.45, 7) is 4.64. The number of fused-ring (bicyclic) bond motifs is 1. The Hall–Kier alpha value is -2.66. The number of carbonyl (C=O) groups is 2. The van der Waals surface area contributed by atoms with E-state index in [1.165, 1.54) is 18.2 Å². The lowest BCUT2D eigenvalue weighted by atomic mass is 9.98. The highest BCUT2D eigenvalue weighted by atomic mass is 35.5. The molecule has 0 aliphatic carbocycles. The fourth-order valence-corrected chi connectivity index (χ4v) is 3.31. The Kier molecular flexibility index (Phi) is 5.38. The summed E-state index contributed by atoms with van der Waals surface area (Å²) >= 11 is 6.09. The van der Waals surface area contributed by atoms with Crippen LogP contribution in [0.4, 0.5) is 4.39 Å². The van der Waals surface area contributed by atoms with Crippen molar-refractivity contribution in [1.29, 1.82) is 0 Å². The second-order valence-corrected chi connectivity index (χ2v) is 6.53. The van der Waals surface area contributed by atoms with Gasteiger partial charge in [-0.15, -0.1) is 0 Å². The van der Waals surface area contributed by atoms with Crippen LogP contribution < -0.4 is 5.32 Å². The number of hydrogen-bond donors (Lipinski definition) is 1. The van der Waals surface area contributed by atoms with Crippen LogP contribution in [-0.2, 0) is 24.3 Å². The number of benzene rings is 2. The first-order valence-electron chi connectivity index (χ1n) is 8.23. The fourth-order valence-electron chi connectivity index (χ4n) is 2.99. The number of nitrogens with zero attached hydrogens (tertiary/aromatic N) is 1. The van der Waals surface area contributed by atoms with Crippen LogP contribution in [0.5, 0.6) is 0 Å². The smallest absolute Gasteiger partial charge is 0.254 e. The maximum atomic E-state index is 13.6. The Morgan fingerprint density at radius 1 is 1.27 bits per heavy atom. The summed E-state index contributed by atoms with van der Waals surface area (Å²) in [5.74, 6) is -0.755. The van der Waals surface area contributed by atoms with Crippen molar-refractivity contribution in [2.75, 3.05) is 6.54 Å². The summed E-state index contributed by atoms with van der Waals surface area (Å²) in [6.07, 6.45) is 1.81. The molecule has 0 aromatic heterocycles. The van der Waals surface area contributed by atoms with Gasteiger partial charge in [-0.2, -0.15) is 0 Å². The van der Waals surface area contributed by atoms with E-state index in [0.717, 1.165) is 16.7 Å². The number of carbonyl (C=O) groups excluding carboxylic acids is 2. The number of halogens is 2. The van der Waals surface area contributed by atoms with Crippen molar-refractivity contribution < 1.29 is 14.0 Å². The van der Waals surface area contributed by atoms with Gasteiger partial charge in [-0.1, -0.05) is 30.3 Å². The lowest BCUT2D eigenvalue weighted by molar-refractivity contribution is -0.116. The van der Waals surface area contributed by atoms with Crippen LogP contribution in [0.25, 0.3) is 0 Å². The molecule has 26 heavy (non-hydrogen) atoms. The Labute approximate surface area is 156 Å². The zero-order valence-corrected chi connectivity index (χ0v) is 14.9. The first-order chi connectivity index (χ1) is 12.5. The molecule has 134 valence electrons. The molecule has 0 atom stereocenters. The van der Waals surface area contributed by atoms with Crippen molar-refractivity contribution in [3.8, 4) is 0 Å². The summed E-state index contributed by atoms with van der Waals surface area (Å²) in [5.41, 5.74) is 3.09. The Bertz CT molecular complexity index is 865. The minimum atomic E-state index is -0.394. The van der Waals surface area contributed by atoms with Crippen molar-refractivity contribution in [3.63, 3.8) is 0 Å². The Morgan fingerprint density at radius 3 is 2.69 bits per heavy atom. The highest BCUT2D eigenvalue weighted by Gasteiger charge is 2.23. The average molecular weight is 373 g/mol. The zero-order valence-electron chi connectivity index (χ0n) is 14.1. The van der Waals surface area contributed by atoms with Crippen LogP contribution in [0.3, 0.4) is 0 Å². The van der Waals surface area contributed by atoms with Crippen LogP contribution in [-0.4, -0.2) is 23.3 Å². The quantitative estimate of drug-likeness (QED) is 0.835. The normalized spacial score (nSPS) is 13.1. The molecular weight excluding hydrogens is 355 g/mol. The number of rotatable bonds is 4. The van der Waals surface area contributed by atoms with Gasteiger partial charge in [-0.25, -0.2) is 4.39 Å². The SMILES string of the molecule is C=CC(=O)NCc1ccc(C(=O)N2CCc3c(Cl)cc(F)cc3C2)cc1. The average Bonchev–Trinajstić information content (AvgIpc) is 2.65. The Balaban J connectivity index is 1.69.